The molecule has 0 radical (unpaired) electrons. The van der Waals surface area contributed by atoms with Gasteiger partial charge in [0.25, 0.3) is 0 Å². The molecule has 1 rings (SSSR count). The number of unbranched alkanes of at least 4 members (excludes halogenated alkanes) is 2. The number of aliphatic hydroxyl groups is 2. The fraction of sp³-hybridized carbons (Fsp3) is 0.882. The van der Waals surface area contributed by atoms with Gasteiger partial charge in [0.15, 0.2) is 6.29 Å². The third kappa shape index (κ3) is 6.49. The highest BCUT2D eigenvalue weighted by molar-refractivity contribution is 4.91. The molecule has 0 amide bonds. The summed E-state index contributed by atoms with van der Waals surface area (Å²) >= 11 is 0. The molecule has 1 saturated heterocycles. The summed E-state index contributed by atoms with van der Waals surface area (Å²) in [5.41, 5.74) is 0. The maximum absolute atomic E-state index is 10.4. The van der Waals surface area contributed by atoms with Crippen LogP contribution >= 0.6 is 0 Å². The van der Waals surface area contributed by atoms with E-state index in [1.807, 2.05) is 0 Å². The van der Waals surface area contributed by atoms with Gasteiger partial charge >= 0.3 is 0 Å². The molecule has 5 unspecified atom stereocenters. The van der Waals surface area contributed by atoms with E-state index in [9.17, 15) is 10.2 Å². The van der Waals surface area contributed by atoms with Crippen LogP contribution in [0.3, 0.4) is 0 Å². The van der Waals surface area contributed by atoms with Gasteiger partial charge in [-0.15, -0.1) is 6.58 Å². The molecule has 5 atom stereocenters. The van der Waals surface area contributed by atoms with Crippen molar-refractivity contribution in [3.8, 4) is 0 Å². The topological polar surface area (TPSA) is 77.4 Å². The van der Waals surface area contributed by atoms with E-state index in [2.05, 4.69) is 20.4 Å². The van der Waals surface area contributed by atoms with Gasteiger partial charge in [0, 0.05) is 13.2 Å². The van der Waals surface area contributed by atoms with E-state index in [0.717, 1.165) is 25.7 Å². The average Bonchev–Trinajstić information content (AvgIpc) is 2.56. The summed E-state index contributed by atoms with van der Waals surface area (Å²) in [6.45, 7) is 8.85. The zero-order chi connectivity index (χ0) is 17.1. The molecule has 0 aliphatic carbocycles. The maximum atomic E-state index is 10.4. The first-order valence-electron chi connectivity index (χ1n) is 8.59. The van der Waals surface area contributed by atoms with Crippen LogP contribution in [-0.4, -0.2) is 67.3 Å². The summed E-state index contributed by atoms with van der Waals surface area (Å²) in [6.07, 6.45) is 1.93. The Hall–Kier alpha value is -0.500. The van der Waals surface area contributed by atoms with E-state index >= 15 is 0 Å². The van der Waals surface area contributed by atoms with E-state index in [-0.39, 0.29) is 6.61 Å². The first-order chi connectivity index (χ1) is 11.2. The largest absolute Gasteiger partial charge is 0.394 e. The van der Waals surface area contributed by atoms with Crippen molar-refractivity contribution in [1.82, 2.24) is 0 Å². The van der Waals surface area contributed by atoms with Gasteiger partial charge in [-0.3, -0.25) is 0 Å². The Morgan fingerprint density at radius 3 is 2.17 bits per heavy atom. The van der Waals surface area contributed by atoms with Crippen molar-refractivity contribution in [2.45, 2.75) is 70.2 Å². The Morgan fingerprint density at radius 1 is 1.04 bits per heavy atom. The Morgan fingerprint density at radius 2 is 1.65 bits per heavy atom. The smallest absolute Gasteiger partial charge is 0.187 e. The van der Waals surface area contributed by atoms with Gasteiger partial charge in [0.1, 0.15) is 24.4 Å². The summed E-state index contributed by atoms with van der Waals surface area (Å²) < 4.78 is 23.0. The van der Waals surface area contributed by atoms with Crippen LogP contribution in [0.4, 0.5) is 0 Å². The number of aliphatic hydroxyl groups excluding tert-OH is 2. The van der Waals surface area contributed by atoms with Gasteiger partial charge in [0.2, 0.25) is 0 Å². The van der Waals surface area contributed by atoms with Crippen LogP contribution in [0.25, 0.3) is 0 Å². The van der Waals surface area contributed by atoms with Crippen LogP contribution in [0.2, 0.25) is 0 Å². The van der Waals surface area contributed by atoms with Gasteiger partial charge in [-0.2, -0.15) is 0 Å². The summed E-state index contributed by atoms with van der Waals surface area (Å²) in [5.74, 6) is 0. The SMILES string of the molecule is C=CCOC1OC(CO)C(O)C(OCCCC)C1OCCCC. The Kier molecular flexibility index (Phi) is 10.7. The zero-order valence-corrected chi connectivity index (χ0v) is 14.4. The standard InChI is InChI=1S/C17H32O6/c1-4-7-10-20-15-14(19)13(12-18)23-17(22-9-6-3)16(15)21-11-8-5-2/h6,13-19H,3-5,7-12H2,1-2H3. The van der Waals surface area contributed by atoms with Crippen LogP contribution in [0.15, 0.2) is 12.7 Å². The van der Waals surface area contributed by atoms with Gasteiger partial charge in [0.05, 0.1) is 13.2 Å². The van der Waals surface area contributed by atoms with E-state index < -0.39 is 30.7 Å². The van der Waals surface area contributed by atoms with Gasteiger partial charge in [-0.1, -0.05) is 32.8 Å². The lowest BCUT2D eigenvalue weighted by Gasteiger charge is -2.43. The molecular weight excluding hydrogens is 300 g/mol. The third-order valence-corrected chi connectivity index (χ3v) is 3.79. The number of ether oxygens (including phenoxy) is 4. The third-order valence-electron chi connectivity index (χ3n) is 3.79. The molecule has 0 aromatic heterocycles. The monoisotopic (exact) mass is 332 g/mol. The van der Waals surface area contributed by atoms with Crippen LogP contribution in [0.5, 0.6) is 0 Å². The molecule has 136 valence electrons. The lowest BCUT2D eigenvalue weighted by atomic mass is 9.98. The fourth-order valence-corrected chi connectivity index (χ4v) is 2.43. The molecule has 6 nitrogen and oxygen atoms in total. The van der Waals surface area contributed by atoms with E-state index in [4.69, 9.17) is 18.9 Å². The molecule has 0 aromatic carbocycles. The number of hydrogen-bond acceptors (Lipinski definition) is 6. The van der Waals surface area contributed by atoms with Crippen molar-refractivity contribution in [2.24, 2.45) is 0 Å². The number of hydrogen-bond donors (Lipinski definition) is 2. The molecule has 6 heteroatoms. The van der Waals surface area contributed by atoms with Crippen LogP contribution in [-0.2, 0) is 18.9 Å². The quantitative estimate of drug-likeness (QED) is 0.418. The lowest BCUT2D eigenvalue weighted by molar-refractivity contribution is -0.314. The van der Waals surface area contributed by atoms with Crippen molar-refractivity contribution in [1.29, 1.82) is 0 Å². The van der Waals surface area contributed by atoms with Crippen molar-refractivity contribution < 1.29 is 29.2 Å². The molecule has 0 saturated carbocycles. The van der Waals surface area contributed by atoms with Crippen LogP contribution < -0.4 is 0 Å². The minimum atomic E-state index is -0.952. The van der Waals surface area contributed by atoms with Crippen LogP contribution in [0.1, 0.15) is 39.5 Å². The fourth-order valence-electron chi connectivity index (χ4n) is 2.43. The first kappa shape index (κ1) is 20.5. The highest BCUT2D eigenvalue weighted by atomic mass is 16.7. The van der Waals surface area contributed by atoms with Crippen LogP contribution in [0, 0.1) is 0 Å². The van der Waals surface area contributed by atoms with E-state index in [1.165, 1.54) is 0 Å². The number of rotatable bonds is 12. The Bertz CT molecular complexity index is 311. The second kappa shape index (κ2) is 11.9. The van der Waals surface area contributed by atoms with E-state index in [0.29, 0.717) is 19.8 Å². The molecular formula is C17H32O6. The van der Waals surface area contributed by atoms with E-state index in [1.54, 1.807) is 6.08 Å². The molecule has 0 bridgehead atoms. The van der Waals surface area contributed by atoms with Crippen molar-refractivity contribution in [3.05, 3.63) is 12.7 Å². The normalized spacial score (nSPS) is 31.2. The van der Waals surface area contributed by atoms with Crippen molar-refractivity contribution in [2.75, 3.05) is 26.4 Å². The minimum absolute atomic E-state index is 0.300. The van der Waals surface area contributed by atoms with Crippen molar-refractivity contribution >= 4 is 0 Å². The average molecular weight is 332 g/mol. The summed E-state index contributed by atoms with van der Waals surface area (Å²) in [5, 5.41) is 19.9. The Labute approximate surface area is 139 Å². The van der Waals surface area contributed by atoms with Gasteiger partial charge in [-0.25, -0.2) is 0 Å². The second-order valence-electron chi connectivity index (χ2n) is 5.72. The minimum Gasteiger partial charge on any atom is -0.394 e. The molecule has 23 heavy (non-hydrogen) atoms. The highest BCUT2D eigenvalue weighted by Gasteiger charge is 2.47. The zero-order valence-electron chi connectivity index (χ0n) is 14.4. The summed E-state index contributed by atoms with van der Waals surface area (Å²) in [6, 6.07) is 0. The maximum Gasteiger partial charge on any atom is 0.187 e. The van der Waals surface area contributed by atoms with Crippen molar-refractivity contribution in [3.63, 3.8) is 0 Å². The molecule has 1 aliphatic rings. The molecule has 1 heterocycles. The summed E-state index contributed by atoms with van der Waals surface area (Å²) in [7, 11) is 0. The Balaban J connectivity index is 2.80. The molecule has 0 aromatic rings. The van der Waals surface area contributed by atoms with Gasteiger partial charge in [-0.05, 0) is 12.8 Å². The lowest BCUT2D eigenvalue weighted by Crippen LogP contribution is -2.61. The first-order valence-corrected chi connectivity index (χ1v) is 8.59. The molecule has 2 N–H and O–H groups in total. The second-order valence-corrected chi connectivity index (χ2v) is 5.72. The van der Waals surface area contributed by atoms with Gasteiger partial charge < -0.3 is 29.2 Å². The molecule has 1 fully saturated rings. The summed E-state index contributed by atoms with van der Waals surface area (Å²) in [4.78, 5) is 0. The highest BCUT2D eigenvalue weighted by Crippen LogP contribution is 2.27. The predicted octanol–water partition coefficient (Wildman–Crippen LogP) is 1.64. The molecule has 1 aliphatic heterocycles. The molecule has 0 spiro atoms. The predicted molar refractivity (Wildman–Crippen MR) is 87.2 cm³/mol.